The van der Waals surface area contributed by atoms with E-state index in [1.54, 1.807) is 19.2 Å². The molecule has 1 amide bonds. The Labute approximate surface area is 96.4 Å². The van der Waals surface area contributed by atoms with Crippen molar-refractivity contribution in [2.24, 2.45) is 0 Å². The summed E-state index contributed by atoms with van der Waals surface area (Å²) in [5.74, 6) is 0.351. The lowest BCUT2D eigenvalue weighted by atomic mass is 10.3. The van der Waals surface area contributed by atoms with Crippen LogP contribution in [0.1, 0.15) is 19.1 Å². The quantitative estimate of drug-likeness (QED) is 0.789. The van der Waals surface area contributed by atoms with Gasteiger partial charge in [-0.05, 0) is 35.0 Å². The molecule has 0 saturated carbocycles. The third-order valence-corrected chi connectivity index (χ3v) is 2.27. The Bertz CT molecular complexity index is 372. The predicted octanol–water partition coefficient (Wildman–Crippen LogP) is 1.98. The van der Waals surface area contributed by atoms with Crippen LogP contribution in [0.3, 0.4) is 0 Å². The van der Waals surface area contributed by atoms with Gasteiger partial charge in [-0.25, -0.2) is 0 Å². The molecule has 1 aromatic heterocycles. The van der Waals surface area contributed by atoms with Gasteiger partial charge < -0.3 is 9.32 Å². The summed E-state index contributed by atoms with van der Waals surface area (Å²) < 4.78 is 5.88. The van der Waals surface area contributed by atoms with E-state index in [4.69, 9.17) is 4.42 Å². The zero-order valence-electron chi connectivity index (χ0n) is 8.62. The minimum atomic E-state index is -0.199. The molecule has 0 aliphatic carbocycles. The highest BCUT2D eigenvalue weighted by Gasteiger charge is 2.12. The Morgan fingerprint density at radius 3 is 2.60 bits per heavy atom. The SMILES string of the molecule is CC(=O)CC(=O)N(C)Cc1ccc(Br)o1. The molecule has 0 aliphatic rings. The number of hydrogen-bond donors (Lipinski definition) is 0. The standard InChI is InChI=1S/C10H12BrNO3/c1-7(13)5-10(14)12(2)6-8-3-4-9(11)15-8/h3-4H,5-6H2,1-2H3. The highest BCUT2D eigenvalue weighted by Crippen LogP contribution is 2.15. The van der Waals surface area contributed by atoms with E-state index in [2.05, 4.69) is 15.9 Å². The Hall–Kier alpha value is -1.10. The molecule has 1 aromatic rings. The lowest BCUT2D eigenvalue weighted by Gasteiger charge is -2.14. The molecule has 82 valence electrons. The van der Waals surface area contributed by atoms with Gasteiger partial charge in [0, 0.05) is 7.05 Å². The number of rotatable bonds is 4. The number of Topliss-reactive ketones (excluding diaryl/α,β-unsaturated/α-hetero) is 1. The van der Waals surface area contributed by atoms with Gasteiger partial charge in [-0.3, -0.25) is 9.59 Å². The summed E-state index contributed by atoms with van der Waals surface area (Å²) in [5.41, 5.74) is 0. The average molecular weight is 274 g/mol. The van der Waals surface area contributed by atoms with Crippen LogP contribution in [0.2, 0.25) is 0 Å². The van der Waals surface area contributed by atoms with Crippen LogP contribution < -0.4 is 0 Å². The van der Waals surface area contributed by atoms with Gasteiger partial charge in [-0.1, -0.05) is 0 Å². The third-order valence-electron chi connectivity index (χ3n) is 1.85. The summed E-state index contributed by atoms with van der Waals surface area (Å²) in [6.45, 7) is 1.77. The van der Waals surface area contributed by atoms with Crippen molar-refractivity contribution in [3.8, 4) is 0 Å². The Balaban J connectivity index is 2.51. The summed E-state index contributed by atoms with van der Waals surface area (Å²) in [6, 6.07) is 3.54. The number of furan rings is 1. The van der Waals surface area contributed by atoms with Crippen molar-refractivity contribution in [2.45, 2.75) is 19.9 Å². The Kier molecular flexibility index (Phi) is 4.08. The van der Waals surface area contributed by atoms with Gasteiger partial charge in [0.15, 0.2) is 4.67 Å². The monoisotopic (exact) mass is 273 g/mol. The molecule has 0 bridgehead atoms. The van der Waals surface area contributed by atoms with E-state index in [1.807, 2.05) is 0 Å². The fourth-order valence-electron chi connectivity index (χ4n) is 1.11. The van der Waals surface area contributed by atoms with Crippen molar-refractivity contribution in [3.05, 3.63) is 22.6 Å². The topological polar surface area (TPSA) is 50.5 Å². The van der Waals surface area contributed by atoms with Crippen molar-refractivity contribution in [1.29, 1.82) is 0 Å². The lowest BCUT2D eigenvalue weighted by Crippen LogP contribution is -2.27. The fourth-order valence-corrected chi connectivity index (χ4v) is 1.45. The zero-order chi connectivity index (χ0) is 11.4. The van der Waals surface area contributed by atoms with Gasteiger partial charge in [-0.15, -0.1) is 0 Å². The normalized spacial score (nSPS) is 10.1. The molecular formula is C10H12BrNO3. The number of ketones is 1. The van der Waals surface area contributed by atoms with Crippen molar-refractivity contribution < 1.29 is 14.0 Å². The van der Waals surface area contributed by atoms with E-state index < -0.39 is 0 Å². The molecule has 0 aliphatic heterocycles. The van der Waals surface area contributed by atoms with Crippen molar-refractivity contribution >= 4 is 27.6 Å². The first-order valence-electron chi connectivity index (χ1n) is 4.46. The maximum Gasteiger partial charge on any atom is 0.230 e. The third kappa shape index (κ3) is 3.87. The van der Waals surface area contributed by atoms with Crippen LogP contribution in [-0.2, 0) is 16.1 Å². The number of carbonyl (C=O) groups is 2. The first-order valence-corrected chi connectivity index (χ1v) is 5.26. The summed E-state index contributed by atoms with van der Waals surface area (Å²) in [4.78, 5) is 23.6. The molecule has 0 unspecified atom stereocenters. The second kappa shape index (κ2) is 5.11. The molecule has 1 rings (SSSR count). The largest absolute Gasteiger partial charge is 0.452 e. The molecule has 0 spiro atoms. The van der Waals surface area contributed by atoms with Gasteiger partial charge in [0.25, 0.3) is 0 Å². The molecule has 0 radical (unpaired) electrons. The molecule has 0 N–H and O–H groups in total. The highest BCUT2D eigenvalue weighted by atomic mass is 79.9. The van der Waals surface area contributed by atoms with Gasteiger partial charge >= 0.3 is 0 Å². The first kappa shape index (κ1) is 12.0. The fraction of sp³-hybridized carbons (Fsp3) is 0.400. The zero-order valence-corrected chi connectivity index (χ0v) is 10.2. The first-order chi connectivity index (χ1) is 6.99. The summed E-state index contributed by atoms with van der Waals surface area (Å²) in [5, 5.41) is 0. The predicted molar refractivity (Wildman–Crippen MR) is 58.2 cm³/mol. The molecule has 5 heteroatoms. The number of carbonyl (C=O) groups excluding carboxylic acids is 2. The average Bonchev–Trinajstić information content (AvgIpc) is 2.50. The maximum absolute atomic E-state index is 11.4. The summed E-state index contributed by atoms with van der Waals surface area (Å²) in [7, 11) is 1.64. The van der Waals surface area contributed by atoms with Crippen molar-refractivity contribution in [1.82, 2.24) is 4.90 Å². The number of amides is 1. The number of nitrogens with zero attached hydrogens (tertiary/aromatic N) is 1. The van der Waals surface area contributed by atoms with Gasteiger partial charge in [-0.2, -0.15) is 0 Å². The van der Waals surface area contributed by atoms with Gasteiger partial charge in [0.1, 0.15) is 11.5 Å². The molecule has 1 heterocycles. The molecule has 4 nitrogen and oxygen atoms in total. The van der Waals surface area contributed by atoms with E-state index in [-0.39, 0.29) is 18.1 Å². The van der Waals surface area contributed by atoms with Gasteiger partial charge in [0.2, 0.25) is 5.91 Å². The summed E-state index contributed by atoms with van der Waals surface area (Å²) >= 11 is 3.18. The van der Waals surface area contributed by atoms with Crippen LogP contribution in [-0.4, -0.2) is 23.6 Å². The van der Waals surface area contributed by atoms with Crippen molar-refractivity contribution in [3.63, 3.8) is 0 Å². The van der Waals surface area contributed by atoms with Crippen LogP contribution in [0.5, 0.6) is 0 Å². The molecule has 0 aromatic carbocycles. The smallest absolute Gasteiger partial charge is 0.230 e. The lowest BCUT2D eigenvalue weighted by molar-refractivity contribution is -0.134. The minimum absolute atomic E-state index is 0.0572. The number of halogens is 1. The Morgan fingerprint density at radius 1 is 1.47 bits per heavy atom. The highest BCUT2D eigenvalue weighted by molar-refractivity contribution is 9.10. The van der Waals surface area contributed by atoms with E-state index in [9.17, 15) is 9.59 Å². The van der Waals surface area contributed by atoms with Gasteiger partial charge in [0.05, 0.1) is 13.0 Å². The van der Waals surface area contributed by atoms with E-state index in [1.165, 1.54) is 11.8 Å². The van der Waals surface area contributed by atoms with Crippen LogP contribution in [0.4, 0.5) is 0 Å². The second-order valence-electron chi connectivity index (χ2n) is 3.33. The van der Waals surface area contributed by atoms with Crippen LogP contribution in [0.25, 0.3) is 0 Å². The maximum atomic E-state index is 11.4. The molecule has 0 saturated heterocycles. The molecule has 0 atom stereocenters. The van der Waals surface area contributed by atoms with Crippen LogP contribution in [0.15, 0.2) is 21.2 Å². The van der Waals surface area contributed by atoms with E-state index >= 15 is 0 Å². The minimum Gasteiger partial charge on any atom is -0.452 e. The van der Waals surface area contributed by atoms with Crippen LogP contribution in [0, 0.1) is 0 Å². The second-order valence-corrected chi connectivity index (χ2v) is 4.12. The summed E-state index contributed by atoms with van der Waals surface area (Å²) in [6.07, 6.45) is -0.0572. The molecule has 0 fully saturated rings. The van der Waals surface area contributed by atoms with E-state index in [0.29, 0.717) is 17.0 Å². The molecule has 15 heavy (non-hydrogen) atoms. The van der Waals surface area contributed by atoms with E-state index in [0.717, 1.165) is 0 Å². The van der Waals surface area contributed by atoms with Crippen LogP contribution >= 0.6 is 15.9 Å². The molecular weight excluding hydrogens is 262 g/mol. The Morgan fingerprint density at radius 2 is 2.13 bits per heavy atom. The van der Waals surface area contributed by atoms with Crippen molar-refractivity contribution in [2.75, 3.05) is 7.05 Å². The number of hydrogen-bond acceptors (Lipinski definition) is 3.